The maximum atomic E-state index is 12.9. The third-order valence-corrected chi connectivity index (χ3v) is 10.8. The molecule has 1 fully saturated rings. The van der Waals surface area contributed by atoms with Crippen LogP contribution in [0.15, 0.2) is 58.3 Å². The van der Waals surface area contributed by atoms with Crippen LogP contribution in [0, 0.1) is 23.7 Å². The topological polar surface area (TPSA) is 242 Å². The highest BCUT2D eigenvalue weighted by Crippen LogP contribution is 2.57. The molecule has 3 rings (SSSR count). The number of hydrogen-bond donors (Lipinski definition) is 6. The van der Waals surface area contributed by atoms with Gasteiger partial charge < -0.3 is 20.4 Å². The molecule has 0 heterocycles. The van der Waals surface area contributed by atoms with Gasteiger partial charge in [0.2, 0.25) is 20.0 Å². The molecule has 0 aliphatic heterocycles. The summed E-state index contributed by atoms with van der Waals surface area (Å²) in [5.74, 6) is -10.3. The van der Waals surface area contributed by atoms with Gasteiger partial charge in [0, 0.05) is 11.8 Å². The number of carbonyl (C=O) groups is 4. The van der Waals surface area contributed by atoms with Crippen LogP contribution in [-0.2, 0) is 39.2 Å². The van der Waals surface area contributed by atoms with Gasteiger partial charge in [-0.3, -0.25) is 19.2 Å². The van der Waals surface area contributed by atoms with Gasteiger partial charge in [0.05, 0.1) is 21.6 Å². The summed E-state index contributed by atoms with van der Waals surface area (Å²) in [5.41, 5.74) is 0.473. The van der Waals surface area contributed by atoms with Crippen molar-refractivity contribution in [1.82, 2.24) is 9.44 Å². The Balaban J connectivity index is 1.89. The molecule has 4 atom stereocenters. The van der Waals surface area contributed by atoms with Gasteiger partial charge in [0.15, 0.2) is 0 Å². The zero-order valence-corrected chi connectivity index (χ0v) is 27.2. The van der Waals surface area contributed by atoms with Gasteiger partial charge in [-0.25, -0.2) is 16.8 Å². The van der Waals surface area contributed by atoms with Crippen molar-refractivity contribution < 1.29 is 56.4 Å². The first-order valence-electron chi connectivity index (χ1n) is 14.4. The molecule has 2 unspecified atom stereocenters. The number of aliphatic carboxylic acids is 4. The fourth-order valence-electron chi connectivity index (χ4n) is 5.78. The minimum Gasteiger partial charge on any atom is -0.481 e. The van der Waals surface area contributed by atoms with E-state index in [1.54, 1.807) is 27.7 Å². The van der Waals surface area contributed by atoms with E-state index in [4.69, 9.17) is 0 Å². The van der Waals surface area contributed by atoms with Crippen molar-refractivity contribution in [2.24, 2.45) is 23.7 Å². The molecule has 0 radical (unpaired) electrons. The Morgan fingerprint density at radius 2 is 0.870 bits per heavy atom. The fourth-order valence-corrected chi connectivity index (χ4v) is 8.19. The quantitative estimate of drug-likeness (QED) is 0.150. The zero-order chi connectivity index (χ0) is 34.7. The lowest BCUT2D eigenvalue weighted by molar-refractivity contribution is -0.160. The first-order valence-corrected chi connectivity index (χ1v) is 17.4. The Labute approximate surface area is 266 Å². The van der Waals surface area contributed by atoms with Crippen LogP contribution < -0.4 is 9.44 Å². The molecular formula is C30H38N2O12S2. The number of carboxylic acid groups (broad SMARTS) is 4. The molecule has 0 amide bonds. The third kappa shape index (κ3) is 8.29. The maximum Gasteiger partial charge on any atom is 0.321 e. The summed E-state index contributed by atoms with van der Waals surface area (Å²) in [4.78, 5) is 47.3. The molecule has 46 heavy (non-hydrogen) atoms. The summed E-state index contributed by atoms with van der Waals surface area (Å²) in [5, 5.41) is 39.0. The molecule has 14 nitrogen and oxygen atoms in total. The monoisotopic (exact) mass is 682 g/mol. The Hall–Kier alpha value is -3.86. The molecule has 2 aromatic carbocycles. The van der Waals surface area contributed by atoms with Gasteiger partial charge in [-0.05, 0) is 60.1 Å². The molecule has 1 aliphatic carbocycles. The summed E-state index contributed by atoms with van der Waals surface area (Å²) in [6.07, 6.45) is 0.0855. The molecule has 6 N–H and O–H groups in total. The molecule has 0 saturated heterocycles. The zero-order valence-electron chi connectivity index (χ0n) is 25.5. The van der Waals surface area contributed by atoms with Crippen LogP contribution in [0.4, 0.5) is 0 Å². The van der Waals surface area contributed by atoms with Crippen molar-refractivity contribution in [3.8, 4) is 0 Å². The molecule has 1 saturated carbocycles. The van der Waals surface area contributed by atoms with Gasteiger partial charge in [-0.1, -0.05) is 52.0 Å². The first kappa shape index (κ1) is 36.6. The highest BCUT2D eigenvalue weighted by atomic mass is 32.2. The van der Waals surface area contributed by atoms with Crippen molar-refractivity contribution in [3.05, 3.63) is 59.7 Å². The average molecular weight is 683 g/mol. The van der Waals surface area contributed by atoms with E-state index in [2.05, 4.69) is 9.44 Å². The van der Waals surface area contributed by atoms with E-state index in [1.165, 1.54) is 24.3 Å². The van der Waals surface area contributed by atoms with Crippen LogP contribution in [0.5, 0.6) is 0 Å². The highest BCUT2D eigenvalue weighted by Gasteiger charge is 2.58. The molecular weight excluding hydrogens is 644 g/mol. The molecule has 0 bridgehead atoms. The Bertz CT molecular complexity index is 1540. The molecule has 16 heteroatoms. The maximum absolute atomic E-state index is 12.9. The Morgan fingerprint density at radius 3 is 1.09 bits per heavy atom. The Kier molecular flexibility index (Phi) is 11.4. The van der Waals surface area contributed by atoms with E-state index < -0.39 is 79.7 Å². The van der Waals surface area contributed by atoms with Gasteiger partial charge in [-0.15, -0.1) is 0 Å². The molecule has 1 aliphatic rings. The van der Waals surface area contributed by atoms with Crippen LogP contribution >= 0.6 is 0 Å². The van der Waals surface area contributed by atoms with E-state index in [0.29, 0.717) is 0 Å². The van der Waals surface area contributed by atoms with Crippen molar-refractivity contribution in [2.45, 2.75) is 74.2 Å². The van der Waals surface area contributed by atoms with Crippen LogP contribution in [-0.4, -0.2) is 73.2 Å². The Morgan fingerprint density at radius 1 is 0.587 bits per heavy atom. The highest BCUT2D eigenvalue weighted by molar-refractivity contribution is 7.89. The molecule has 0 aromatic heterocycles. The van der Waals surface area contributed by atoms with E-state index in [-0.39, 0.29) is 45.6 Å². The molecule has 2 aromatic rings. The van der Waals surface area contributed by atoms with Crippen LogP contribution in [0.1, 0.15) is 63.5 Å². The van der Waals surface area contributed by atoms with Gasteiger partial charge in [0.25, 0.3) is 0 Å². The number of hydrogen-bond acceptors (Lipinski definition) is 8. The average Bonchev–Trinajstić information content (AvgIpc) is 2.91. The predicted molar refractivity (Wildman–Crippen MR) is 163 cm³/mol. The summed E-state index contributed by atoms with van der Waals surface area (Å²) < 4.78 is 55.8. The SMILES string of the molecule is CC(C)C[C@H](NS(=O)(=O)c1ccc(C2C(C(=O)O)C(c3ccc(S(=O)(=O)N[C@H](CC(C)C)C(=O)O)cc3)C2C(=O)O)cc1)C(=O)O. The van der Waals surface area contributed by atoms with Crippen molar-refractivity contribution in [1.29, 1.82) is 0 Å². The largest absolute Gasteiger partial charge is 0.481 e. The van der Waals surface area contributed by atoms with Crippen LogP contribution in [0.3, 0.4) is 0 Å². The smallest absolute Gasteiger partial charge is 0.321 e. The fraction of sp³-hybridized carbons (Fsp3) is 0.467. The second-order valence-corrected chi connectivity index (χ2v) is 15.6. The number of nitrogens with one attached hydrogen (secondary N) is 2. The summed E-state index contributed by atoms with van der Waals surface area (Å²) in [6, 6.07) is 6.99. The second kappa shape index (κ2) is 14.3. The van der Waals surface area contributed by atoms with Crippen LogP contribution in [0.25, 0.3) is 0 Å². The van der Waals surface area contributed by atoms with Gasteiger partial charge in [0.1, 0.15) is 12.1 Å². The van der Waals surface area contributed by atoms with Crippen LogP contribution in [0.2, 0.25) is 0 Å². The minimum atomic E-state index is -4.28. The van der Waals surface area contributed by atoms with Gasteiger partial charge in [-0.2, -0.15) is 9.44 Å². The number of rotatable bonds is 16. The lowest BCUT2D eigenvalue weighted by atomic mass is 9.52. The van der Waals surface area contributed by atoms with Crippen molar-refractivity contribution >= 4 is 43.9 Å². The number of benzene rings is 2. The second-order valence-electron chi connectivity index (χ2n) is 12.2. The molecule has 252 valence electrons. The first-order chi connectivity index (χ1) is 21.3. The third-order valence-electron chi connectivity index (χ3n) is 7.87. The number of carboxylic acids is 4. The van der Waals surface area contributed by atoms with Gasteiger partial charge >= 0.3 is 23.9 Å². The predicted octanol–water partition coefficient (Wildman–Crippen LogP) is 2.52. The lowest BCUT2D eigenvalue weighted by Crippen LogP contribution is -2.51. The number of sulfonamides is 2. The van der Waals surface area contributed by atoms with Crippen molar-refractivity contribution in [3.63, 3.8) is 0 Å². The summed E-state index contributed by atoms with van der Waals surface area (Å²) in [6.45, 7) is 6.95. The van der Waals surface area contributed by atoms with E-state index in [0.717, 1.165) is 24.3 Å². The summed E-state index contributed by atoms with van der Waals surface area (Å²) >= 11 is 0. The van der Waals surface area contributed by atoms with E-state index in [1.807, 2.05) is 0 Å². The van der Waals surface area contributed by atoms with E-state index in [9.17, 15) is 56.4 Å². The van der Waals surface area contributed by atoms with Crippen molar-refractivity contribution in [2.75, 3.05) is 0 Å². The summed E-state index contributed by atoms with van der Waals surface area (Å²) in [7, 11) is -8.56. The standard InChI is InChI=1S/C30H38N2O12S2/c1-15(2)13-21(27(33)34)31-45(41,42)19-9-5-17(6-10-19)23-25(29(37)38)24(26(23)30(39)40)18-7-11-20(12-8-18)46(43,44)32-22(28(35)36)14-16(3)4/h5-12,15-16,21-26,31-32H,13-14H2,1-4H3,(H,33,34)(H,35,36)(H,37,38)(H,39,40)/t21-,22+,23?,24?,25?,26?. The molecule has 0 spiro atoms. The van der Waals surface area contributed by atoms with E-state index >= 15 is 0 Å². The normalized spacial score (nSPS) is 21.3. The lowest BCUT2D eigenvalue weighted by Gasteiger charge is -2.48. The minimum absolute atomic E-state index is 0.0428.